The molecule has 1 fully saturated rings. The highest BCUT2D eigenvalue weighted by atomic mass is 35.5. The average molecular weight is 365 g/mol. The standard InChI is InChI=1S/C14H18Cl2N2O3S/c1-13(9-14(13,15)16)12(19)17-8-10-6-4-5-7-11(10)22(20,21)18(2)3/h4-7H,8-9H2,1-3H3,(H,17,19)/t13-/m0/s1. The second-order valence-corrected chi connectivity index (χ2v) is 9.40. The van der Waals surface area contributed by atoms with Crippen LogP contribution in [0.4, 0.5) is 0 Å². The zero-order chi connectivity index (χ0) is 16.8. The van der Waals surface area contributed by atoms with Crippen LogP contribution in [0.1, 0.15) is 18.9 Å². The molecule has 0 radical (unpaired) electrons. The van der Waals surface area contributed by atoms with E-state index in [1.54, 1.807) is 25.1 Å². The molecule has 1 aromatic rings. The van der Waals surface area contributed by atoms with Crippen LogP contribution in [-0.4, -0.2) is 37.1 Å². The van der Waals surface area contributed by atoms with Gasteiger partial charge in [0.05, 0.1) is 10.3 Å². The van der Waals surface area contributed by atoms with Gasteiger partial charge in [-0.1, -0.05) is 18.2 Å². The first-order chi connectivity index (χ1) is 10.0. The fourth-order valence-corrected chi connectivity index (χ4v) is 3.94. The van der Waals surface area contributed by atoms with Crippen molar-refractivity contribution in [2.45, 2.75) is 29.1 Å². The van der Waals surface area contributed by atoms with Gasteiger partial charge in [0.2, 0.25) is 15.9 Å². The number of hydrogen-bond donors (Lipinski definition) is 1. The topological polar surface area (TPSA) is 66.5 Å². The summed E-state index contributed by atoms with van der Waals surface area (Å²) in [5.41, 5.74) is -0.311. The van der Waals surface area contributed by atoms with E-state index in [-0.39, 0.29) is 17.3 Å². The number of amides is 1. The number of nitrogens with zero attached hydrogens (tertiary/aromatic N) is 1. The molecule has 1 saturated carbocycles. The molecule has 22 heavy (non-hydrogen) atoms. The molecule has 0 saturated heterocycles. The summed E-state index contributed by atoms with van der Waals surface area (Å²) in [4.78, 5) is 12.3. The molecule has 1 aliphatic carbocycles. The summed E-state index contributed by atoms with van der Waals surface area (Å²) >= 11 is 11.9. The second-order valence-electron chi connectivity index (χ2n) is 5.79. The number of hydrogen-bond acceptors (Lipinski definition) is 3. The van der Waals surface area contributed by atoms with Gasteiger partial charge < -0.3 is 5.32 Å². The maximum atomic E-state index is 12.3. The molecule has 0 aliphatic heterocycles. The second kappa shape index (κ2) is 5.67. The Morgan fingerprint density at radius 3 is 2.36 bits per heavy atom. The van der Waals surface area contributed by atoms with Crippen molar-refractivity contribution in [2.75, 3.05) is 14.1 Å². The van der Waals surface area contributed by atoms with Crippen molar-refractivity contribution in [3.63, 3.8) is 0 Å². The Balaban J connectivity index is 2.17. The Morgan fingerprint density at radius 1 is 1.32 bits per heavy atom. The molecule has 5 nitrogen and oxygen atoms in total. The minimum Gasteiger partial charge on any atom is -0.351 e. The minimum absolute atomic E-state index is 0.0987. The fourth-order valence-electron chi connectivity index (χ4n) is 2.12. The summed E-state index contributed by atoms with van der Waals surface area (Å²) in [6, 6.07) is 6.55. The first kappa shape index (κ1) is 17.5. The van der Waals surface area contributed by atoms with Gasteiger partial charge in [-0.2, -0.15) is 0 Å². The van der Waals surface area contributed by atoms with Crippen molar-refractivity contribution in [2.24, 2.45) is 5.41 Å². The number of carbonyl (C=O) groups excluding carboxylic acids is 1. The highest BCUT2D eigenvalue weighted by Gasteiger charge is 2.67. The van der Waals surface area contributed by atoms with Crippen LogP contribution in [0.5, 0.6) is 0 Å². The molecule has 8 heteroatoms. The smallest absolute Gasteiger partial charge is 0.242 e. The maximum absolute atomic E-state index is 12.3. The van der Waals surface area contributed by atoms with Gasteiger partial charge in [-0.05, 0) is 25.0 Å². The van der Waals surface area contributed by atoms with Crippen LogP contribution < -0.4 is 5.32 Å². The molecule has 0 bridgehead atoms. The third kappa shape index (κ3) is 2.97. The van der Waals surface area contributed by atoms with Crippen LogP contribution in [-0.2, 0) is 21.4 Å². The zero-order valence-corrected chi connectivity index (χ0v) is 14.9. The van der Waals surface area contributed by atoms with Crippen LogP contribution >= 0.6 is 23.2 Å². The zero-order valence-electron chi connectivity index (χ0n) is 12.6. The summed E-state index contributed by atoms with van der Waals surface area (Å²) in [6.07, 6.45) is 0.382. The van der Waals surface area contributed by atoms with Gasteiger partial charge in [-0.25, -0.2) is 12.7 Å². The molecular weight excluding hydrogens is 347 g/mol. The summed E-state index contributed by atoms with van der Waals surface area (Å²) in [7, 11) is -0.641. The van der Waals surface area contributed by atoms with Crippen molar-refractivity contribution in [3.05, 3.63) is 29.8 Å². The van der Waals surface area contributed by atoms with Crippen molar-refractivity contribution in [3.8, 4) is 0 Å². The van der Waals surface area contributed by atoms with Crippen molar-refractivity contribution in [1.29, 1.82) is 0 Å². The first-order valence-electron chi connectivity index (χ1n) is 6.69. The van der Waals surface area contributed by atoms with Gasteiger partial charge in [-0.15, -0.1) is 23.2 Å². The van der Waals surface area contributed by atoms with E-state index in [1.165, 1.54) is 20.2 Å². The number of halogens is 2. The van der Waals surface area contributed by atoms with E-state index in [9.17, 15) is 13.2 Å². The number of benzene rings is 1. The van der Waals surface area contributed by atoms with E-state index in [0.29, 0.717) is 12.0 Å². The highest BCUT2D eigenvalue weighted by Crippen LogP contribution is 2.63. The molecule has 1 aliphatic rings. The fraction of sp³-hybridized carbons (Fsp3) is 0.500. The van der Waals surface area contributed by atoms with Crippen LogP contribution in [0, 0.1) is 5.41 Å². The lowest BCUT2D eigenvalue weighted by molar-refractivity contribution is -0.125. The lowest BCUT2D eigenvalue weighted by Gasteiger charge is -2.17. The van der Waals surface area contributed by atoms with Crippen LogP contribution in [0.25, 0.3) is 0 Å². The summed E-state index contributed by atoms with van der Waals surface area (Å²) < 4.78 is 24.6. The van der Waals surface area contributed by atoms with Gasteiger partial charge in [0, 0.05) is 20.6 Å². The third-order valence-corrected chi connectivity index (χ3v) is 6.95. The molecule has 1 atom stereocenters. The SMILES string of the molecule is CN(C)S(=O)(=O)c1ccccc1CNC(=O)[C@]1(C)CC1(Cl)Cl. The Kier molecular flexibility index (Phi) is 4.52. The quantitative estimate of drug-likeness (QED) is 0.813. The molecule has 1 aromatic carbocycles. The molecular formula is C14H18Cl2N2O3S. The Bertz CT molecular complexity index is 704. The Labute approximate surface area is 140 Å². The molecule has 0 heterocycles. The maximum Gasteiger partial charge on any atom is 0.242 e. The van der Waals surface area contributed by atoms with Crippen LogP contribution in [0.3, 0.4) is 0 Å². The van der Waals surface area contributed by atoms with Crippen molar-refractivity contribution >= 4 is 39.1 Å². The third-order valence-electron chi connectivity index (χ3n) is 3.93. The number of nitrogens with one attached hydrogen (secondary N) is 1. The number of carbonyl (C=O) groups is 1. The minimum atomic E-state index is -3.57. The van der Waals surface area contributed by atoms with Crippen LogP contribution in [0.15, 0.2) is 29.2 Å². The van der Waals surface area contributed by atoms with Gasteiger partial charge in [0.25, 0.3) is 0 Å². The van der Waals surface area contributed by atoms with E-state index in [2.05, 4.69) is 5.32 Å². The summed E-state index contributed by atoms with van der Waals surface area (Å²) in [5.74, 6) is -0.283. The molecule has 2 rings (SSSR count). The van der Waals surface area contributed by atoms with Gasteiger partial charge in [-0.3, -0.25) is 4.79 Å². The molecule has 0 aromatic heterocycles. The molecule has 122 valence electrons. The lowest BCUT2D eigenvalue weighted by Crippen LogP contribution is -2.33. The van der Waals surface area contributed by atoms with Crippen molar-refractivity contribution < 1.29 is 13.2 Å². The molecule has 1 N–H and O–H groups in total. The molecule has 1 amide bonds. The van der Waals surface area contributed by atoms with E-state index in [0.717, 1.165) is 4.31 Å². The van der Waals surface area contributed by atoms with Gasteiger partial charge >= 0.3 is 0 Å². The van der Waals surface area contributed by atoms with E-state index in [1.807, 2.05) is 0 Å². The number of alkyl halides is 2. The number of rotatable bonds is 5. The van der Waals surface area contributed by atoms with Crippen molar-refractivity contribution in [1.82, 2.24) is 9.62 Å². The molecule has 0 spiro atoms. The Hall–Kier alpha value is -0.820. The Morgan fingerprint density at radius 2 is 1.86 bits per heavy atom. The summed E-state index contributed by atoms with van der Waals surface area (Å²) in [6.45, 7) is 1.78. The first-order valence-corrected chi connectivity index (χ1v) is 8.88. The highest BCUT2D eigenvalue weighted by molar-refractivity contribution is 7.89. The van der Waals surface area contributed by atoms with E-state index >= 15 is 0 Å². The lowest BCUT2D eigenvalue weighted by atomic mass is 10.1. The normalized spacial score (nSPS) is 23.4. The predicted molar refractivity (Wildman–Crippen MR) is 86.3 cm³/mol. The van der Waals surface area contributed by atoms with Gasteiger partial charge in [0.1, 0.15) is 4.33 Å². The average Bonchev–Trinajstić information content (AvgIpc) is 2.96. The van der Waals surface area contributed by atoms with E-state index in [4.69, 9.17) is 23.2 Å². The number of sulfonamides is 1. The van der Waals surface area contributed by atoms with Gasteiger partial charge in [0.15, 0.2) is 0 Å². The van der Waals surface area contributed by atoms with Crippen LogP contribution in [0.2, 0.25) is 0 Å². The molecule has 0 unspecified atom stereocenters. The monoisotopic (exact) mass is 364 g/mol. The summed E-state index contributed by atoms with van der Waals surface area (Å²) in [5, 5.41) is 2.72. The van der Waals surface area contributed by atoms with E-state index < -0.39 is 19.8 Å². The largest absolute Gasteiger partial charge is 0.351 e. The predicted octanol–water partition coefficient (Wildman–Crippen LogP) is 2.14.